The monoisotopic (exact) mass is 179 g/mol. The van der Waals surface area contributed by atoms with Crippen LogP contribution in [-0.4, -0.2) is 5.80 Å². The van der Waals surface area contributed by atoms with Crippen LogP contribution in [0, 0.1) is 5.92 Å². The summed E-state index contributed by atoms with van der Waals surface area (Å²) in [7, 11) is 0.107. The molecule has 0 bridgehead atoms. The van der Waals surface area contributed by atoms with Gasteiger partial charge in [0.1, 0.15) is 0 Å². The van der Waals surface area contributed by atoms with E-state index in [1.807, 2.05) is 18.2 Å². The predicted octanol–water partition coefficient (Wildman–Crippen LogP) is 3.16. The third-order valence-corrected chi connectivity index (χ3v) is 2.21. The van der Waals surface area contributed by atoms with E-state index in [1.54, 1.807) is 5.80 Å². The average molecular weight is 179 g/mol. The van der Waals surface area contributed by atoms with Crippen molar-refractivity contribution in [3.8, 4) is 0 Å². The zero-order valence-corrected chi connectivity index (χ0v) is 8.00. The van der Waals surface area contributed by atoms with E-state index >= 15 is 0 Å². The molecule has 0 spiro atoms. The van der Waals surface area contributed by atoms with Crippen LogP contribution in [-0.2, 0) is 4.57 Å². The number of rotatable bonds is 2. The van der Waals surface area contributed by atoms with Crippen LogP contribution in [0.1, 0.15) is 13.3 Å². The van der Waals surface area contributed by atoms with Crippen molar-refractivity contribution in [3.05, 3.63) is 36.0 Å². The minimum absolute atomic E-state index is 0.107. The van der Waals surface area contributed by atoms with E-state index in [9.17, 15) is 4.57 Å². The van der Waals surface area contributed by atoms with Gasteiger partial charge in [0.05, 0.1) is 0 Å². The van der Waals surface area contributed by atoms with Crippen molar-refractivity contribution in [2.45, 2.75) is 13.3 Å². The van der Waals surface area contributed by atoms with Crippen molar-refractivity contribution >= 4 is 13.9 Å². The third kappa shape index (κ3) is 2.42. The van der Waals surface area contributed by atoms with Gasteiger partial charge in [-0.05, 0) is 0 Å². The van der Waals surface area contributed by atoms with Crippen molar-refractivity contribution < 1.29 is 4.57 Å². The molecule has 0 amide bonds. The van der Waals surface area contributed by atoms with Gasteiger partial charge in [0.15, 0.2) is 0 Å². The summed E-state index contributed by atoms with van der Waals surface area (Å²) in [5.41, 5.74) is 1.24. The first-order valence-corrected chi connectivity index (χ1v) is 4.97. The van der Waals surface area contributed by atoms with Gasteiger partial charge < -0.3 is 0 Å². The molecule has 62 valence electrons. The second kappa shape index (κ2) is 5.05. The molecule has 1 nitrogen and oxygen atoms in total. The van der Waals surface area contributed by atoms with Crippen LogP contribution in [0.3, 0.4) is 0 Å². The molecule has 1 rings (SSSR count). The van der Waals surface area contributed by atoms with Crippen LogP contribution >= 0.6 is 8.08 Å². The first-order chi connectivity index (χ1) is 5.88. The molecule has 1 atom stereocenters. The summed E-state index contributed by atoms with van der Waals surface area (Å²) in [6.45, 7) is 2.10. The van der Waals surface area contributed by atoms with Gasteiger partial charge in [-0.15, -0.1) is 0 Å². The van der Waals surface area contributed by atoms with Gasteiger partial charge in [-0.1, -0.05) is 0 Å². The van der Waals surface area contributed by atoms with Gasteiger partial charge in [0, 0.05) is 0 Å². The zero-order chi connectivity index (χ0) is 8.81. The Hall–Kier alpha value is -0.680. The van der Waals surface area contributed by atoms with Gasteiger partial charge >= 0.3 is 73.7 Å². The van der Waals surface area contributed by atoms with Crippen LogP contribution < -0.4 is 0 Å². The number of allylic oxidation sites excluding steroid dienone is 6. The summed E-state index contributed by atoms with van der Waals surface area (Å²) in [4.78, 5) is 0. The minimum atomic E-state index is 0.107. The normalized spacial score (nSPS) is 24.4. The fourth-order valence-electron chi connectivity index (χ4n) is 1.21. The molecule has 0 saturated carbocycles. The summed E-state index contributed by atoms with van der Waals surface area (Å²) in [6.07, 6.45) is 11.3. The number of hydrogen-bond acceptors (Lipinski definition) is 1. The third-order valence-electron chi connectivity index (χ3n) is 1.76. The van der Waals surface area contributed by atoms with Gasteiger partial charge in [0.2, 0.25) is 0 Å². The summed E-state index contributed by atoms with van der Waals surface area (Å²) < 4.78 is 10.4. The van der Waals surface area contributed by atoms with Crippen LogP contribution in [0.5, 0.6) is 0 Å². The molecule has 2 heteroatoms. The van der Waals surface area contributed by atoms with Crippen LogP contribution in [0.15, 0.2) is 36.0 Å². The molecular weight excluding hydrogens is 167 g/mol. The van der Waals surface area contributed by atoms with E-state index in [-0.39, 0.29) is 14.0 Å². The fourth-order valence-corrected chi connectivity index (χ4v) is 1.62. The average Bonchev–Trinajstić information content (AvgIpc) is 2.09. The van der Waals surface area contributed by atoms with E-state index in [1.165, 1.54) is 5.57 Å². The quantitative estimate of drug-likeness (QED) is 0.595. The molecule has 1 aliphatic carbocycles. The second-order valence-electron chi connectivity index (χ2n) is 2.64. The Balaban J connectivity index is 2.84. The van der Waals surface area contributed by atoms with Crippen molar-refractivity contribution in [1.82, 2.24) is 0 Å². The molecule has 0 aromatic carbocycles. The van der Waals surface area contributed by atoms with E-state index in [2.05, 4.69) is 19.1 Å². The molecule has 0 heterocycles. The first kappa shape index (κ1) is 9.41. The van der Waals surface area contributed by atoms with Crippen molar-refractivity contribution in [2.75, 3.05) is 0 Å². The molecule has 12 heavy (non-hydrogen) atoms. The molecule has 0 aromatic heterocycles. The Kier molecular flexibility index (Phi) is 3.96. The van der Waals surface area contributed by atoms with Crippen molar-refractivity contribution in [1.29, 1.82) is 0 Å². The molecule has 0 radical (unpaired) electrons. The standard InChI is InChI=1S/C10H12OP/c1-2-5-9-6-3-4-7-10(9)8-12-11/h3-8,10H,2H2,1H3/q+1. The number of hydrogen-bond donors (Lipinski definition) is 0. The van der Waals surface area contributed by atoms with Gasteiger partial charge in [0.25, 0.3) is 0 Å². The molecule has 0 aromatic rings. The Bertz CT molecular complexity index is 280. The zero-order valence-electron chi connectivity index (χ0n) is 7.10. The predicted molar refractivity (Wildman–Crippen MR) is 53.8 cm³/mol. The Morgan fingerprint density at radius 2 is 2.42 bits per heavy atom. The Morgan fingerprint density at radius 3 is 3.08 bits per heavy atom. The van der Waals surface area contributed by atoms with Crippen molar-refractivity contribution in [3.63, 3.8) is 0 Å². The van der Waals surface area contributed by atoms with E-state index in [0.717, 1.165) is 6.42 Å². The second-order valence-corrected chi connectivity index (χ2v) is 3.15. The van der Waals surface area contributed by atoms with Crippen LogP contribution in [0.25, 0.3) is 0 Å². The molecule has 1 aliphatic rings. The maximum absolute atomic E-state index is 10.4. The summed E-state index contributed by atoms with van der Waals surface area (Å²) >= 11 is 0. The van der Waals surface area contributed by atoms with Crippen LogP contribution in [0.4, 0.5) is 0 Å². The summed E-state index contributed by atoms with van der Waals surface area (Å²) in [5.74, 6) is 2.00. The molecular formula is C10H12OP+. The van der Waals surface area contributed by atoms with Crippen molar-refractivity contribution in [2.24, 2.45) is 5.92 Å². The Labute approximate surface area is 74.3 Å². The van der Waals surface area contributed by atoms with E-state index < -0.39 is 0 Å². The summed E-state index contributed by atoms with van der Waals surface area (Å²) in [6, 6.07) is 0. The molecule has 0 aliphatic heterocycles. The first-order valence-electron chi connectivity index (χ1n) is 4.09. The van der Waals surface area contributed by atoms with Crippen LogP contribution in [0.2, 0.25) is 0 Å². The molecule has 0 saturated heterocycles. The Morgan fingerprint density at radius 1 is 1.58 bits per heavy atom. The van der Waals surface area contributed by atoms with E-state index in [0.29, 0.717) is 0 Å². The SMILES string of the molecule is CCC=C1C=CC=CC1C=[P+]=O. The molecule has 1 unspecified atom stereocenters. The van der Waals surface area contributed by atoms with E-state index in [4.69, 9.17) is 0 Å². The fraction of sp³-hybridized carbons (Fsp3) is 0.300. The maximum atomic E-state index is 10.4. The summed E-state index contributed by atoms with van der Waals surface area (Å²) in [5, 5.41) is 0. The van der Waals surface area contributed by atoms with Gasteiger partial charge in [-0.3, -0.25) is 0 Å². The van der Waals surface area contributed by atoms with Gasteiger partial charge in [-0.25, -0.2) is 0 Å². The molecule has 0 N–H and O–H groups in total. The molecule has 0 fully saturated rings. The van der Waals surface area contributed by atoms with Gasteiger partial charge in [-0.2, -0.15) is 0 Å². The topological polar surface area (TPSA) is 17.1 Å².